The highest BCUT2D eigenvalue weighted by atomic mass is 16.1. The SMILES string of the molecule is CC1CNc2cccc(C#N)c2NC1=O. The molecule has 1 atom stereocenters. The Labute approximate surface area is 87.9 Å². The fraction of sp³-hybridized carbons (Fsp3) is 0.273. The molecule has 1 aromatic rings. The molecule has 4 nitrogen and oxygen atoms in total. The van der Waals surface area contributed by atoms with E-state index in [2.05, 4.69) is 16.7 Å². The predicted molar refractivity (Wildman–Crippen MR) is 57.4 cm³/mol. The van der Waals surface area contributed by atoms with Gasteiger partial charge in [-0.1, -0.05) is 13.0 Å². The number of para-hydroxylation sites is 1. The first-order chi connectivity index (χ1) is 7.22. The molecule has 76 valence electrons. The van der Waals surface area contributed by atoms with Gasteiger partial charge in [0.25, 0.3) is 0 Å². The average Bonchev–Trinajstić information content (AvgIpc) is 2.39. The van der Waals surface area contributed by atoms with E-state index < -0.39 is 0 Å². The third-order valence-corrected chi connectivity index (χ3v) is 2.48. The molecule has 1 aromatic carbocycles. The second kappa shape index (κ2) is 3.62. The van der Waals surface area contributed by atoms with E-state index in [9.17, 15) is 4.79 Å². The predicted octanol–water partition coefficient (Wildman–Crippen LogP) is 1.56. The van der Waals surface area contributed by atoms with Crippen LogP contribution in [0.5, 0.6) is 0 Å². The van der Waals surface area contributed by atoms with Gasteiger partial charge >= 0.3 is 0 Å². The third-order valence-electron chi connectivity index (χ3n) is 2.48. The second-order valence-corrected chi connectivity index (χ2v) is 3.61. The number of nitrogens with one attached hydrogen (secondary N) is 2. The van der Waals surface area contributed by atoms with E-state index in [1.165, 1.54) is 0 Å². The lowest BCUT2D eigenvalue weighted by Gasteiger charge is -2.08. The fourth-order valence-electron chi connectivity index (χ4n) is 1.53. The summed E-state index contributed by atoms with van der Waals surface area (Å²) in [7, 11) is 0. The Morgan fingerprint density at radius 2 is 2.33 bits per heavy atom. The van der Waals surface area contributed by atoms with E-state index in [1.807, 2.05) is 13.0 Å². The molecule has 1 aliphatic rings. The summed E-state index contributed by atoms with van der Waals surface area (Å²) < 4.78 is 0. The van der Waals surface area contributed by atoms with Crippen molar-refractivity contribution in [2.24, 2.45) is 5.92 Å². The zero-order valence-electron chi connectivity index (χ0n) is 8.37. The van der Waals surface area contributed by atoms with Crippen molar-refractivity contribution in [1.29, 1.82) is 5.26 Å². The van der Waals surface area contributed by atoms with Gasteiger partial charge in [-0.25, -0.2) is 0 Å². The van der Waals surface area contributed by atoms with Gasteiger partial charge in [0.05, 0.1) is 22.9 Å². The first-order valence-electron chi connectivity index (χ1n) is 4.80. The van der Waals surface area contributed by atoms with Crippen molar-refractivity contribution in [1.82, 2.24) is 0 Å². The molecule has 1 unspecified atom stereocenters. The van der Waals surface area contributed by atoms with E-state index >= 15 is 0 Å². The molecule has 0 radical (unpaired) electrons. The summed E-state index contributed by atoms with van der Waals surface area (Å²) in [5.74, 6) is -0.145. The smallest absolute Gasteiger partial charge is 0.229 e. The molecule has 1 amide bonds. The van der Waals surface area contributed by atoms with Crippen molar-refractivity contribution < 1.29 is 4.79 Å². The summed E-state index contributed by atoms with van der Waals surface area (Å²) in [5, 5.41) is 14.8. The second-order valence-electron chi connectivity index (χ2n) is 3.61. The Hall–Kier alpha value is -2.02. The number of nitriles is 1. The minimum absolute atomic E-state index is 0.0519. The zero-order valence-corrected chi connectivity index (χ0v) is 8.37. The van der Waals surface area contributed by atoms with Gasteiger partial charge in [-0.2, -0.15) is 5.26 Å². The first kappa shape index (κ1) is 9.53. The average molecular weight is 201 g/mol. The molecule has 0 bridgehead atoms. The number of benzene rings is 1. The third kappa shape index (κ3) is 1.64. The standard InChI is InChI=1S/C11H11N3O/c1-7-6-13-9-4-2-3-8(5-12)10(9)14-11(7)15/h2-4,7,13H,6H2,1H3,(H,14,15). The normalized spacial score (nSPS) is 19.2. The fourth-order valence-corrected chi connectivity index (χ4v) is 1.53. The highest BCUT2D eigenvalue weighted by Crippen LogP contribution is 2.28. The van der Waals surface area contributed by atoms with E-state index in [1.54, 1.807) is 12.1 Å². The molecule has 15 heavy (non-hydrogen) atoms. The monoisotopic (exact) mass is 201 g/mol. The number of nitrogens with zero attached hydrogens (tertiary/aromatic N) is 1. The van der Waals surface area contributed by atoms with Gasteiger partial charge in [-0.3, -0.25) is 4.79 Å². The number of carbonyl (C=O) groups excluding carboxylic acids is 1. The Kier molecular flexibility index (Phi) is 2.30. The van der Waals surface area contributed by atoms with Gasteiger partial charge in [0.15, 0.2) is 0 Å². The van der Waals surface area contributed by atoms with Crippen molar-refractivity contribution >= 4 is 17.3 Å². The van der Waals surface area contributed by atoms with Gasteiger partial charge in [-0.15, -0.1) is 0 Å². The maximum atomic E-state index is 11.6. The van der Waals surface area contributed by atoms with Gasteiger partial charge in [0.2, 0.25) is 5.91 Å². The summed E-state index contributed by atoms with van der Waals surface area (Å²) in [6.07, 6.45) is 0. The molecule has 4 heteroatoms. The molecule has 0 aliphatic carbocycles. The summed E-state index contributed by atoms with van der Waals surface area (Å²) >= 11 is 0. The van der Waals surface area contributed by atoms with Crippen LogP contribution in [0.15, 0.2) is 18.2 Å². The lowest BCUT2D eigenvalue weighted by molar-refractivity contribution is -0.118. The molecule has 2 rings (SSSR count). The highest BCUT2D eigenvalue weighted by Gasteiger charge is 2.20. The van der Waals surface area contributed by atoms with Crippen LogP contribution < -0.4 is 10.6 Å². The molecule has 0 fully saturated rings. The van der Waals surface area contributed by atoms with Gasteiger partial charge in [-0.05, 0) is 12.1 Å². The molecule has 0 saturated carbocycles. The van der Waals surface area contributed by atoms with Crippen LogP contribution >= 0.6 is 0 Å². The van der Waals surface area contributed by atoms with Crippen molar-refractivity contribution in [2.45, 2.75) is 6.92 Å². The number of anilines is 2. The highest BCUT2D eigenvalue weighted by molar-refractivity contribution is 5.98. The van der Waals surface area contributed by atoms with Crippen LogP contribution in [-0.2, 0) is 4.79 Å². The largest absolute Gasteiger partial charge is 0.383 e. The minimum atomic E-state index is -0.0936. The Bertz CT molecular complexity index is 448. The van der Waals surface area contributed by atoms with Crippen molar-refractivity contribution in [3.63, 3.8) is 0 Å². The van der Waals surface area contributed by atoms with Crippen LogP contribution in [0, 0.1) is 17.2 Å². The number of hydrogen-bond donors (Lipinski definition) is 2. The van der Waals surface area contributed by atoms with Crippen LogP contribution in [-0.4, -0.2) is 12.5 Å². The number of hydrogen-bond acceptors (Lipinski definition) is 3. The van der Waals surface area contributed by atoms with Gasteiger partial charge < -0.3 is 10.6 Å². The van der Waals surface area contributed by atoms with Gasteiger partial charge in [0.1, 0.15) is 6.07 Å². The van der Waals surface area contributed by atoms with E-state index in [0.717, 1.165) is 5.69 Å². The Morgan fingerprint density at radius 3 is 3.07 bits per heavy atom. The number of rotatable bonds is 0. The van der Waals surface area contributed by atoms with Crippen LogP contribution in [0.2, 0.25) is 0 Å². The molecule has 0 saturated heterocycles. The molecular weight excluding hydrogens is 190 g/mol. The summed E-state index contributed by atoms with van der Waals surface area (Å²) in [5.41, 5.74) is 1.89. The lowest BCUT2D eigenvalue weighted by Crippen LogP contribution is -2.22. The van der Waals surface area contributed by atoms with Crippen LogP contribution in [0.3, 0.4) is 0 Å². The maximum Gasteiger partial charge on any atom is 0.229 e. The van der Waals surface area contributed by atoms with Crippen molar-refractivity contribution in [3.05, 3.63) is 23.8 Å². The Morgan fingerprint density at radius 1 is 1.53 bits per heavy atom. The van der Waals surface area contributed by atoms with E-state index in [4.69, 9.17) is 5.26 Å². The zero-order chi connectivity index (χ0) is 10.8. The first-order valence-corrected chi connectivity index (χ1v) is 4.80. The van der Waals surface area contributed by atoms with Crippen LogP contribution in [0.4, 0.5) is 11.4 Å². The molecule has 1 heterocycles. The molecular formula is C11H11N3O. The molecule has 2 N–H and O–H groups in total. The molecule has 0 aromatic heterocycles. The minimum Gasteiger partial charge on any atom is -0.383 e. The quantitative estimate of drug-likeness (QED) is 0.669. The van der Waals surface area contributed by atoms with Gasteiger partial charge in [0, 0.05) is 6.54 Å². The van der Waals surface area contributed by atoms with Crippen molar-refractivity contribution in [3.8, 4) is 6.07 Å². The lowest BCUT2D eigenvalue weighted by atomic mass is 10.1. The summed E-state index contributed by atoms with van der Waals surface area (Å²) in [6.45, 7) is 2.44. The van der Waals surface area contributed by atoms with Crippen LogP contribution in [0.1, 0.15) is 12.5 Å². The number of carbonyl (C=O) groups is 1. The maximum absolute atomic E-state index is 11.6. The topological polar surface area (TPSA) is 64.9 Å². The number of amides is 1. The summed E-state index contributed by atoms with van der Waals surface area (Å²) in [4.78, 5) is 11.6. The Balaban J connectivity index is 2.49. The van der Waals surface area contributed by atoms with E-state index in [-0.39, 0.29) is 11.8 Å². The van der Waals surface area contributed by atoms with E-state index in [0.29, 0.717) is 17.8 Å². The molecule has 1 aliphatic heterocycles. The molecule has 0 spiro atoms. The summed E-state index contributed by atoms with van der Waals surface area (Å²) in [6, 6.07) is 7.41. The number of fused-ring (bicyclic) bond motifs is 1. The van der Waals surface area contributed by atoms with Crippen molar-refractivity contribution in [2.75, 3.05) is 17.2 Å². The van der Waals surface area contributed by atoms with Crippen LogP contribution in [0.25, 0.3) is 0 Å².